The van der Waals surface area contributed by atoms with Crippen LogP contribution in [0.5, 0.6) is 0 Å². The number of fused-ring (bicyclic) bond motifs is 1. The predicted octanol–water partition coefficient (Wildman–Crippen LogP) is 2.42. The van der Waals surface area contributed by atoms with Gasteiger partial charge in [0.15, 0.2) is 5.69 Å². The summed E-state index contributed by atoms with van der Waals surface area (Å²) in [5.74, 6) is -0.117. The highest BCUT2D eigenvalue weighted by atomic mass is 16.2. The van der Waals surface area contributed by atoms with E-state index in [1.54, 1.807) is 0 Å². The molecule has 1 atom stereocenters. The van der Waals surface area contributed by atoms with Crippen molar-refractivity contribution in [2.75, 3.05) is 33.2 Å². The fourth-order valence-corrected chi connectivity index (χ4v) is 3.89. The fraction of sp³-hybridized carbons (Fsp3) is 0.364. The van der Waals surface area contributed by atoms with Crippen molar-refractivity contribution in [1.82, 2.24) is 25.3 Å². The average molecular weight is 377 g/mol. The zero-order chi connectivity index (χ0) is 19.5. The highest BCUT2D eigenvalue weighted by Crippen LogP contribution is 2.16. The maximum Gasteiger partial charge on any atom is 0.272 e. The number of carbonyl (C=O) groups is 1. The molecular weight excluding hydrogens is 350 g/mol. The molecule has 1 aliphatic heterocycles. The quantitative estimate of drug-likeness (QED) is 0.733. The van der Waals surface area contributed by atoms with Gasteiger partial charge < -0.3 is 10.2 Å². The highest BCUT2D eigenvalue weighted by molar-refractivity contribution is 6.04. The lowest BCUT2D eigenvalue weighted by molar-refractivity contribution is 0.0920. The molecule has 2 N–H and O–H groups in total. The Hall–Kier alpha value is -2.70. The summed E-state index contributed by atoms with van der Waals surface area (Å²) in [6.45, 7) is 6.69. The first kappa shape index (κ1) is 18.7. The Morgan fingerprint density at radius 3 is 2.79 bits per heavy atom. The number of rotatable bonds is 4. The van der Waals surface area contributed by atoms with Crippen LogP contribution in [0.15, 0.2) is 48.5 Å². The van der Waals surface area contributed by atoms with Gasteiger partial charge in [-0.15, -0.1) is 0 Å². The van der Waals surface area contributed by atoms with Crippen molar-refractivity contribution in [3.8, 4) is 0 Å². The van der Waals surface area contributed by atoms with E-state index >= 15 is 0 Å². The van der Waals surface area contributed by atoms with E-state index in [4.69, 9.17) is 0 Å². The summed E-state index contributed by atoms with van der Waals surface area (Å²) in [5.41, 5.74) is 4.00. The topological polar surface area (TPSA) is 64.3 Å². The van der Waals surface area contributed by atoms with Crippen LogP contribution < -0.4 is 5.32 Å². The number of hydrogen-bond acceptors (Lipinski definition) is 4. The smallest absolute Gasteiger partial charge is 0.272 e. The molecule has 2 aromatic carbocycles. The Labute approximate surface area is 165 Å². The van der Waals surface area contributed by atoms with Crippen molar-refractivity contribution in [3.63, 3.8) is 0 Å². The van der Waals surface area contributed by atoms with Gasteiger partial charge in [-0.25, -0.2) is 0 Å². The third kappa shape index (κ3) is 4.08. The normalized spacial score (nSPS) is 18.9. The highest BCUT2D eigenvalue weighted by Gasteiger charge is 2.24. The van der Waals surface area contributed by atoms with Gasteiger partial charge in [-0.05, 0) is 31.2 Å². The van der Waals surface area contributed by atoms with E-state index in [0.717, 1.165) is 43.6 Å². The Balaban J connectivity index is 1.48. The van der Waals surface area contributed by atoms with Gasteiger partial charge in [0.05, 0.1) is 11.6 Å². The fourth-order valence-electron chi connectivity index (χ4n) is 3.89. The van der Waals surface area contributed by atoms with Crippen LogP contribution in [-0.4, -0.2) is 65.2 Å². The monoisotopic (exact) mass is 377 g/mol. The lowest BCUT2D eigenvalue weighted by Gasteiger charge is -2.25. The van der Waals surface area contributed by atoms with Crippen molar-refractivity contribution in [3.05, 3.63) is 65.4 Å². The van der Waals surface area contributed by atoms with Crippen molar-refractivity contribution in [2.45, 2.75) is 19.5 Å². The molecule has 1 aliphatic rings. The molecule has 3 aromatic rings. The van der Waals surface area contributed by atoms with E-state index in [1.165, 1.54) is 11.1 Å². The molecule has 4 rings (SSSR count). The van der Waals surface area contributed by atoms with Gasteiger partial charge in [-0.3, -0.25) is 14.8 Å². The molecule has 6 heteroatoms. The van der Waals surface area contributed by atoms with E-state index in [2.05, 4.69) is 63.6 Å². The zero-order valence-electron chi connectivity index (χ0n) is 16.5. The van der Waals surface area contributed by atoms with E-state index < -0.39 is 0 Å². The second-order valence-corrected chi connectivity index (χ2v) is 7.71. The number of amides is 1. The zero-order valence-corrected chi connectivity index (χ0v) is 16.5. The summed E-state index contributed by atoms with van der Waals surface area (Å²) in [4.78, 5) is 17.6. The van der Waals surface area contributed by atoms with Gasteiger partial charge >= 0.3 is 0 Å². The number of H-pyrrole nitrogens is 1. The second kappa shape index (κ2) is 8.12. The summed E-state index contributed by atoms with van der Waals surface area (Å²) in [5, 5.41) is 11.3. The van der Waals surface area contributed by atoms with Crippen LogP contribution in [0.3, 0.4) is 0 Å². The number of nitrogens with zero attached hydrogens (tertiary/aromatic N) is 3. The minimum Gasteiger partial charge on any atom is -0.345 e. The second-order valence-electron chi connectivity index (χ2n) is 7.71. The van der Waals surface area contributed by atoms with Crippen LogP contribution in [0.1, 0.15) is 21.6 Å². The van der Waals surface area contributed by atoms with Crippen LogP contribution in [0.4, 0.5) is 0 Å². The standard InChI is InChI=1S/C22H27N5O/c1-16-7-3-4-8-17(16)13-27-12-11-26(2)14-18(15-27)23-22(28)21-19-9-5-6-10-20(19)24-25-21/h3-10,18H,11-15H2,1-2H3,(H,23,28)(H,24,25). The Bertz CT molecular complexity index is 966. The Kier molecular flexibility index (Phi) is 5.41. The number of likely N-dealkylation sites (N-methyl/N-ethyl adjacent to an activating group) is 1. The Morgan fingerprint density at radius 1 is 1.14 bits per heavy atom. The molecule has 1 unspecified atom stereocenters. The first-order chi connectivity index (χ1) is 13.6. The molecule has 1 fully saturated rings. The molecule has 6 nitrogen and oxygen atoms in total. The van der Waals surface area contributed by atoms with Gasteiger partial charge in [-0.2, -0.15) is 5.10 Å². The maximum absolute atomic E-state index is 12.9. The summed E-state index contributed by atoms with van der Waals surface area (Å²) < 4.78 is 0. The lowest BCUT2D eigenvalue weighted by Crippen LogP contribution is -2.46. The minimum atomic E-state index is -0.117. The predicted molar refractivity (Wildman–Crippen MR) is 111 cm³/mol. The number of carbonyl (C=O) groups excluding carboxylic acids is 1. The van der Waals surface area contributed by atoms with E-state index in [-0.39, 0.29) is 11.9 Å². The van der Waals surface area contributed by atoms with Gasteiger partial charge in [-0.1, -0.05) is 42.5 Å². The molecule has 0 spiro atoms. The maximum atomic E-state index is 12.9. The molecule has 0 saturated carbocycles. The largest absolute Gasteiger partial charge is 0.345 e. The number of aromatic nitrogens is 2. The van der Waals surface area contributed by atoms with Gasteiger partial charge in [0.2, 0.25) is 0 Å². The number of aryl methyl sites for hydroxylation is 1. The number of benzene rings is 2. The van der Waals surface area contributed by atoms with Crippen molar-refractivity contribution < 1.29 is 4.79 Å². The van der Waals surface area contributed by atoms with Crippen LogP contribution >= 0.6 is 0 Å². The molecule has 2 heterocycles. The SMILES string of the molecule is Cc1ccccc1CN1CCN(C)CC(NC(=O)c2n[nH]c3ccccc23)C1. The summed E-state index contributed by atoms with van der Waals surface area (Å²) in [7, 11) is 2.11. The summed E-state index contributed by atoms with van der Waals surface area (Å²) >= 11 is 0. The first-order valence-electron chi connectivity index (χ1n) is 9.79. The van der Waals surface area contributed by atoms with E-state index in [9.17, 15) is 4.79 Å². The molecule has 1 saturated heterocycles. The number of aromatic amines is 1. The average Bonchev–Trinajstić information content (AvgIpc) is 3.04. The lowest BCUT2D eigenvalue weighted by atomic mass is 10.1. The minimum absolute atomic E-state index is 0.0551. The Morgan fingerprint density at radius 2 is 1.93 bits per heavy atom. The molecule has 1 aromatic heterocycles. The molecule has 0 radical (unpaired) electrons. The van der Waals surface area contributed by atoms with E-state index in [0.29, 0.717) is 5.69 Å². The molecule has 0 bridgehead atoms. The van der Waals surface area contributed by atoms with Crippen LogP contribution in [0.2, 0.25) is 0 Å². The van der Waals surface area contributed by atoms with Crippen molar-refractivity contribution in [2.24, 2.45) is 0 Å². The molecule has 28 heavy (non-hydrogen) atoms. The summed E-state index contributed by atoms with van der Waals surface area (Å²) in [6.07, 6.45) is 0. The van der Waals surface area contributed by atoms with E-state index in [1.807, 2.05) is 24.3 Å². The molecular formula is C22H27N5O. The first-order valence-corrected chi connectivity index (χ1v) is 9.79. The van der Waals surface area contributed by atoms with Crippen molar-refractivity contribution >= 4 is 16.8 Å². The van der Waals surface area contributed by atoms with Gasteiger partial charge in [0.25, 0.3) is 5.91 Å². The molecule has 0 aliphatic carbocycles. The van der Waals surface area contributed by atoms with Gasteiger partial charge in [0.1, 0.15) is 0 Å². The third-order valence-corrected chi connectivity index (χ3v) is 5.48. The van der Waals surface area contributed by atoms with Crippen molar-refractivity contribution in [1.29, 1.82) is 0 Å². The number of para-hydroxylation sites is 1. The van der Waals surface area contributed by atoms with Crippen LogP contribution in [-0.2, 0) is 6.54 Å². The van der Waals surface area contributed by atoms with Gasteiger partial charge in [0, 0.05) is 38.1 Å². The molecule has 1 amide bonds. The molecule has 146 valence electrons. The number of nitrogens with one attached hydrogen (secondary N) is 2. The van der Waals surface area contributed by atoms with Crippen LogP contribution in [0.25, 0.3) is 10.9 Å². The summed E-state index contributed by atoms with van der Waals surface area (Å²) in [6, 6.07) is 16.3. The van der Waals surface area contributed by atoms with Crippen LogP contribution in [0, 0.1) is 6.92 Å². The third-order valence-electron chi connectivity index (χ3n) is 5.48. The number of hydrogen-bond donors (Lipinski definition) is 2.